The summed E-state index contributed by atoms with van der Waals surface area (Å²) in [6, 6.07) is 13.5. The molecule has 1 aromatic heterocycles. The molecule has 8 heteroatoms. The van der Waals surface area contributed by atoms with Crippen LogP contribution < -0.4 is 15.4 Å². The Kier molecular flexibility index (Phi) is 8.16. The Morgan fingerprint density at radius 3 is 2.69 bits per heavy atom. The average molecular weight is 455 g/mol. The van der Waals surface area contributed by atoms with E-state index in [2.05, 4.69) is 35.1 Å². The molecule has 0 aliphatic rings. The number of carbonyl (C=O) groups is 2. The number of fused-ring (bicyclic) bond motifs is 1. The van der Waals surface area contributed by atoms with Crippen molar-refractivity contribution in [3.63, 3.8) is 0 Å². The fourth-order valence-corrected chi connectivity index (χ4v) is 4.11. The van der Waals surface area contributed by atoms with Gasteiger partial charge in [0.25, 0.3) is 0 Å². The van der Waals surface area contributed by atoms with Crippen molar-refractivity contribution in [1.29, 1.82) is 0 Å². The van der Waals surface area contributed by atoms with E-state index in [1.165, 1.54) is 11.8 Å². The quantitative estimate of drug-likeness (QED) is 0.448. The lowest BCUT2D eigenvalue weighted by molar-refractivity contribution is -0.122. The Labute approximate surface area is 192 Å². The van der Waals surface area contributed by atoms with E-state index in [1.54, 1.807) is 13.2 Å². The molecule has 3 rings (SSSR count). The summed E-state index contributed by atoms with van der Waals surface area (Å²) in [6.07, 6.45) is 1.03. The van der Waals surface area contributed by atoms with Crippen molar-refractivity contribution in [1.82, 2.24) is 14.9 Å². The van der Waals surface area contributed by atoms with Crippen LogP contribution in [0, 0.1) is 12.8 Å². The maximum absolute atomic E-state index is 12.4. The first kappa shape index (κ1) is 23.7. The Balaban J connectivity index is 1.56. The van der Waals surface area contributed by atoms with Crippen LogP contribution >= 0.6 is 11.8 Å². The Morgan fingerprint density at radius 1 is 1.16 bits per heavy atom. The van der Waals surface area contributed by atoms with E-state index in [4.69, 9.17) is 9.72 Å². The van der Waals surface area contributed by atoms with Gasteiger partial charge in [-0.25, -0.2) is 4.98 Å². The van der Waals surface area contributed by atoms with E-state index in [9.17, 15) is 9.59 Å². The molecular weight excluding hydrogens is 424 g/mol. The third-order valence-electron chi connectivity index (χ3n) is 4.96. The van der Waals surface area contributed by atoms with Crippen LogP contribution in [0.1, 0.15) is 25.8 Å². The minimum absolute atomic E-state index is 0.111. The zero-order valence-corrected chi connectivity index (χ0v) is 19.8. The van der Waals surface area contributed by atoms with Crippen molar-refractivity contribution in [2.45, 2.75) is 38.9 Å². The number of aromatic nitrogens is 2. The van der Waals surface area contributed by atoms with E-state index in [-0.39, 0.29) is 24.1 Å². The number of amides is 2. The molecule has 0 saturated heterocycles. The SMILES string of the molecule is COc1ccc(C)cc1NC(=O)CNC(=O)CSc1nc2ccccc2n1CCC(C)C. The second-order valence-corrected chi connectivity index (χ2v) is 8.98. The van der Waals surface area contributed by atoms with Crippen molar-refractivity contribution < 1.29 is 14.3 Å². The second kappa shape index (κ2) is 11.0. The molecule has 0 bridgehead atoms. The summed E-state index contributed by atoms with van der Waals surface area (Å²) in [5.74, 6) is 0.806. The first-order valence-corrected chi connectivity index (χ1v) is 11.6. The van der Waals surface area contributed by atoms with E-state index in [1.807, 2.05) is 37.3 Å². The first-order valence-electron chi connectivity index (χ1n) is 10.7. The normalized spacial score (nSPS) is 11.0. The number of nitrogens with one attached hydrogen (secondary N) is 2. The third kappa shape index (κ3) is 6.26. The van der Waals surface area contributed by atoms with Crippen LogP contribution in [-0.2, 0) is 16.1 Å². The molecule has 7 nitrogen and oxygen atoms in total. The highest BCUT2D eigenvalue weighted by molar-refractivity contribution is 7.99. The first-order chi connectivity index (χ1) is 15.4. The number of para-hydroxylation sites is 2. The van der Waals surface area contributed by atoms with E-state index >= 15 is 0 Å². The summed E-state index contributed by atoms with van der Waals surface area (Å²) in [5, 5.41) is 6.28. The molecule has 0 fully saturated rings. The highest BCUT2D eigenvalue weighted by Crippen LogP contribution is 2.26. The topological polar surface area (TPSA) is 85.2 Å². The van der Waals surface area contributed by atoms with Gasteiger partial charge in [0.05, 0.1) is 36.1 Å². The molecular formula is C24H30N4O3S. The molecule has 0 radical (unpaired) electrons. The Bertz CT molecular complexity index is 1090. The number of ether oxygens (including phenoxy) is 1. The number of rotatable bonds is 10. The summed E-state index contributed by atoms with van der Waals surface area (Å²) in [4.78, 5) is 29.3. The molecule has 0 unspecified atom stereocenters. The fraction of sp³-hybridized carbons (Fsp3) is 0.375. The monoisotopic (exact) mass is 454 g/mol. The summed E-state index contributed by atoms with van der Waals surface area (Å²) in [7, 11) is 1.55. The van der Waals surface area contributed by atoms with Crippen LogP contribution in [0.15, 0.2) is 47.6 Å². The Morgan fingerprint density at radius 2 is 1.94 bits per heavy atom. The maximum atomic E-state index is 12.4. The van der Waals surface area contributed by atoms with Crippen LogP contribution in [0.25, 0.3) is 11.0 Å². The van der Waals surface area contributed by atoms with Gasteiger partial charge in [0, 0.05) is 6.54 Å². The van der Waals surface area contributed by atoms with Crippen molar-refractivity contribution in [3.05, 3.63) is 48.0 Å². The summed E-state index contributed by atoms with van der Waals surface area (Å²) >= 11 is 1.38. The van der Waals surface area contributed by atoms with E-state index < -0.39 is 0 Å². The predicted molar refractivity (Wildman–Crippen MR) is 129 cm³/mol. The van der Waals surface area contributed by atoms with Gasteiger partial charge in [-0.15, -0.1) is 0 Å². The van der Waals surface area contributed by atoms with Crippen LogP contribution in [-0.4, -0.2) is 40.8 Å². The van der Waals surface area contributed by atoms with Gasteiger partial charge in [-0.1, -0.05) is 43.8 Å². The maximum Gasteiger partial charge on any atom is 0.243 e. The van der Waals surface area contributed by atoms with Crippen molar-refractivity contribution in [2.75, 3.05) is 24.7 Å². The minimum atomic E-state index is -0.309. The summed E-state index contributed by atoms with van der Waals surface area (Å²) < 4.78 is 7.44. The lowest BCUT2D eigenvalue weighted by atomic mass is 10.1. The molecule has 2 N–H and O–H groups in total. The molecule has 2 amide bonds. The fourth-order valence-electron chi connectivity index (χ4n) is 3.24. The number of thioether (sulfide) groups is 1. The van der Waals surface area contributed by atoms with Gasteiger partial charge in [0.2, 0.25) is 11.8 Å². The van der Waals surface area contributed by atoms with Crippen LogP contribution in [0.3, 0.4) is 0 Å². The summed E-state index contributed by atoms with van der Waals surface area (Å²) in [5.41, 5.74) is 3.58. The van der Waals surface area contributed by atoms with E-state index in [0.717, 1.165) is 34.7 Å². The number of aryl methyl sites for hydroxylation is 2. The van der Waals surface area contributed by atoms with Crippen molar-refractivity contribution in [2.24, 2.45) is 5.92 Å². The zero-order valence-electron chi connectivity index (χ0n) is 19.0. The average Bonchev–Trinajstić information content (AvgIpc) is 3.12. The second-order valence-electron chi connectivity index (χ2n) is 8.03. The smallest absolute Gasteiger partial charge is 0.243 e. The molecule has 0 saturated carbocycles. The molecule has 0 spiro atoms. The number of benzene rings is 2. The van der Waals surface area contributed by atoms with Crippen LogP contribution in [0.4, 0.5) is 5.69 Å². The Hall–Kier alpha value is -3.00. The van der Waals surface area contributed by atoms with E-state index in [0.29, 0.717) is 17.4 Å². The van der Waals surface area contributed by atoms with Gasteiger partial charge in [0.15, 0.2) is 5.16 Å². The van der Waals surface area contributed by atoms with Crippen LogP contribution in [0.2, 0.25) is 0 Å². The molecule has 0 aliphatic carbocycles. The van der Waals surface area contributed by atoms with Gasteiger partial charge >= 0.3 is 0 Å². The zero-order chi connectivity index (χ0) is 23.1. The van der Waals surface area contributed by atoms with Gasteiger partial charge in [0.1, 0.15) is 5.75 Å². The molecule has 0 atom stereocenters. The summed E-state index contributed by atoms with van der Waals surface area (Å²) in [6.45, 7) is 7.05. The highest BCUT2D eigenvalue weighted by Gasteiger charge is 2.14. The van der Waals surface area contributed by atoms with Gasteiger partial charge < -0.3 is 19.9 Å². The van der Waals surface area contributed by atoms with Gasteiger partial charge in [-0.2, -0.15) is 0 Å². The molecule has 170 valence electrons. The van der Waals surface area contributed by atoms with Gasteiger partial charge in [-0.05, 0) is 49.1 Å². The number of nitrogens with zero attached hydrogens (tertiary/aromatic N) is 2. The molecule has 3 aromatic rings. The van der Waals surface area contributed by atoms with Crippen molar-refractivity contribution >= 4 is 40.3 Å². The third-order valence-corrected chi connectivity index (χ3v) is 5.93. The molecule has 0 aliphatic heterocycles. The number of hydrogen-bond acceptors (Lipinski definition) is 5. The minimum Gasteiger partial charge on any atom is -0.495 e. The van der Waals surface area contributed by atoms with Gasteiger partial charge in [-0.3, -0.25) is 9.59 Å². The molecule has 1 heterocycles. The largest absolute Gasteiger partial charge is 0.495 e. The number of carbonyl (C=O) groups excluding carboxylic acids is 2. The molecule has 32 heavy (non-hydrogen) atoms. The highest BCUT2D eigenvalue weighted by atomic mass is 32.2. The lowest BCUT2D eigenvalue weighted by Gasteiger charge is -2.12. The predicted octanol–water partition coefficient (Wildman–Crippen LogP) is 4.25. The van der Waals surface area contributed by atoms with Crippen LogP contribution in [0.5, 0.6) is 5.75 Å². The number of hydrogen-bond donors (Lipinski definition) is 2. The molecule has 2 aromatic carbocycles. The number of imidazole rings is 1. The number of methoxy groups -OCH3 is 1. The van der Waals surface area contributed by atoms with Crippen molar-refractivity contribution in [3.8, 4) is 5.75 Å². The standard InChI is InChI=1S/C24H30N4O3S/c1-16(2)11-12-28-20-8-6-5-7-18(20)27-24(28)32-15-23(30)25-14-22(29)26-19-13-17(3)9-10-21(19)31-4/h5-10,13,16H,11-12,14-15H2,1-4H3,(H,25,30)(H,26,29). The lowest BCUT2D eigenvalue weighted by Crippen LogP contribution is -2.34. The number of anilines is 1.